The van der Waals surface area contributed by atoms with Crippen LogP contribution in [0.25, 0.3) is 99.8 Å². The van der Waals surface area contributed by atoms with E-state index in [9.17, 15) is 0 Å². The van der Waals surface area contributed by atoms with Crippen molar-refractivity contribution in [1.82, 2.24) is 19.1 Å². The number of benzene rings is 11. The molecule has 7 heteroatoms. The standard InChI is InChI=1S/C104H105BN6/c1-98(2,3)66-42-51-86-78(55-66)79-56-67(99(4,5)6)43-52-87(79)108(86)72-46-48-82-90(61-72)110(96-74(64-31-24-22-25-32-64)35-28-36-75(96)65-33-26-23-27-34-65)92-59-71(103(16,17)18)60-93-95(92)105(82)83-49-47-73(109-88-53-44-68(100(7,8)9)57-80(88)81-58-69(101(10,11)12)45-54-89(81)109)62-91(83)111(93)97-76(84-50-41-70(63-106-84)102(13,14)15)37-29-38-77(97)85-39-30-40-94(107-85)104(19,20)21/h22-63H,1-21H3. The Kier molecular flexibility index (Phi) is 16.9. The Hall–Kier alpha value is -11.0. The number of pyridine rings is 2. The highest BCUT2D eigenvalue weighted by molar-refractivity contribution is 7.00. The maximum Gasteiger partial charge on any atom is 0.252 e. The molecule has 6 nitrogen and oxygen atoms in total. The summed E-state index contributed by atoms with van der Waals surface area (Å²) < 4.78 is 5.11. The van der Waals surface area contributed by atoms with Gasteiger partial charge < -0.3 is 18.9 Å². The number of nitrogens with zero attached hydrogens (tertiary/aromatic N) is 6. The SMILES string of the molecule is CC(C)(C)c1ccc(-c2cccc(-c3cccc(C(C)(C)C)n3)c2N2c3cc(-n4c5ccc(C(C)(C)C)cc5c5cc(C(C)(C)C)ccc54)ccc3B3c4ccc(-n5c6ccc(C(C)(C)C)cc6c6cc(C(C)(C)C)ccc65)cc4N(c4c(-c5ccccc5)cccc4-c4ccccc4)c4cc(C(C)(C)C)cc2c43)nc1. The molecular weight excluding hydrogens is 1340 g/mol. The van der Waals surface area contributed by atoms with Crippen LogP contribution in [-0.2, 0) is 37.9 Å². The second kappa shape index (κ2) is 25.8. The maximum absolute atomic E-state index is 5.75. The molecule has 554 valence electrons. The molecule has 0 atom stereocenters. The largest absolute Gasteiger partial charge is 0.310 e. The fraction of sp³-hybridized carbons (Fsp3) is 0.269. The van der Waals surface area contributed by atoms with Gasteiger partial charge in [0.25, 0.3) is 6.71 Å². The van der Waals surface area contributed by atoms with Crippen LogP contribution in [0.5, 0.6) is 0 Å². The lowest BCUT2D eigenvalue weighted by Crippen LogP contribution is -2.61. The van der Waals surface area contributed by atoms with Crippen molar-refractivity contribution in [3.8, 4) is 56.1 Å². The van der Waals surface area contributed by atoms with E-state index in [1.165, 1.54) is 93.4 Å². The van der Waals surface area contributed by atoms with Crippen LogP contribution in [0.15, 0.2) is 255 Å². The molecule has 0 saturated carbocycles. The summed E-state index contributed by atoms with van der Waals surface area (Å²) in [4.78, 5) is 16.7. The second-order valence-corrected chi connectivity index (χ2v) is 38.8. The van der Waals surface area contributed by atoms with E-state index in [4.69, 9.17) is 9.97 Å². The smallest absolute Gasteiger partial charge is 0.252 e. The lowest BCUT2D eigenvalue weighted by Gasteiger charge is -2.46. The normalized spacial score (nSPS) is 13.6. The van der Waals surface area contributed by atoms with Gasteiger partial charge in [0.2, 0.25) is 0 Å². The molecule has 0 fully saturated rings. The van der Waals surface area contributed by atoms with Gasteiger partial charge in [0, 0.05) is 95.2 Å². The van der Waals surface area contributed by atoms with E-state index in [2.05, 4.69) is 419 Å². The molecule has 2 aliphatic heterocycles. The number of hydrogen-bond donors (Lipinski definition) is 0. The zero-order valence-electron chi connectivity index (χ0n) is 69.0. The van der Waals surface area contributed by atoms with E-state index in [0.29, 0.717) is 0 Å². The quantitative estimate of drug-likeness (QED) is 0.142. The zero-order chi connectivity index (χ0) is 78.1. The number of aromatic nitrogens is 4. The lowest BCUT2D eigenvalue weighted by molar-refractivity contribution is 0.569. The zero-order valence-corrected chi connectivity index (χ0v) is 69.0. The van der Waals surface area contributed by atoms with Gasteiger partial charge in [-0.15, -0.1) is 0 Å². The van der Waals surface area contributed by atoms with Crippen LogP contribution in [0, 0.1) is 0 Å². The molecule has 0 aliphatic carbocycles. The number of fused-ring (bicyclic) bond motifs is 10. The van der Waals surface area contributed by atoms with Crippen molar-refractivity contribution < 1.29 is 0 Å². The first kappa shape index (κ1) is 72.8. The van der Waals surface area contributed by atoms with Crippen molar-refractivity contribution >= 4 is 101 Å². The molecule has 0 spiro atoms. The monoisotopic (exact) mass is 1450 g/mol. The lowest BCUT2D eigenvalue weighted by atomic mass is 9.33. The van der Waals surface area contributed by atoms with Gasteiger partial charge in [-0.3, -0.25) is 9.97 Å². The third kappa shape index (κ3) is 12.5. The van der Waals surface area contributed by atoms with Crippen molar-refractivity contribution in [3.63, 3.8) is 0 Å². The summed E-state index contributed by atoms with van der Waals surface area (Å²) in [6.07, 6.45) is 2.10. The summed E-state index contributed by atoms with van der Waals surface area (Å²) in [6.45, 7) is 48.5. The third-order valence-electron chi connectivity index (χ3n) is 23.8. The molecule has 0 amide bonds. The fourth-order valence-electron chi connectivity index (χ4n) is 17.3. The molecule has 0 unspecified atom stereocenters. The molecular formula is C104H105BN6. The molecule has 17 rings (SSSR count). The predicted molar refractivity (Wildman–Crippen MR) is 477 cm³/mol. The van der Waals surface area contributed by atoms with Gasteiger partial charge in [-0.05, 0) is 197 Å². The minimum Gasteiger partial charge on any atom is -0.310 e. The Balaban J connectivity index is 1.05. The van der Waals surface area contributed by atoms with Gasteiger partial charge in [0.15, 0.2) is 0 Å². The number of hydrogen-bond acceptors (Lipinski definition) is 4. The third-order valence-corrected chi connectivity index (χ3v) is 23.8. The highest BCUT2D eigenvalue weighted by Crippen LogP contribution is 2.55. The van der Waals surface area contributed by atoms with Gasteiger partial charge in [-0.2, -0.15) is 0 Å². The Morgan fingerprint density at radius 3 is 1.00 bits per heavy atom. The van der Waals surface area contributed by atoms with E-state index in [-0.39, 0.29) is 44.6 Å². The molecule has 111 heavy (non-hydrogen) atoms. The van der Waals surface area contributed by atoms with E-state index >= 15 is 0 Å². The van der Waals surface area contributed by atoms with Crippen molar-refractivity contribution in [1.29, 1.82) is 0 Å². The average molecular weight is 1450 g/mol. The van der Waals surface area contributed by atoms with Gasteiger partial charge in [0.05, 0.1) is 44.8 Å². The molecule has 11 aromatic carbocycles. The van der Waals surface area contributed by atoms with E-state index in [1.807, 2.05) is 0 Å². The van der Waals surface area contributed by atoms with Crippen LogP contribution in [0.4, 0.5) is 34.1 Å². The summed E-state index contributed by atoms with van der Waals surface area (Å²) in [5.41, 5.74) is 33.1. The Morgan fingerprint density at radius 1 is 0.270 bits per heavy atom. The number of para-hydroxylation sites is 2. The first-order valence-corrected chi connectivity index (χ1v) is 40.1. The van der Waals surface area contributed by atoms with Crippen molar-refractivity contribution in [3.05, 3.63) is 294 Å². The van der Waals surface area contributed by atoms with Crippen LogP contribution in [0.3, 0.4) is 0 Å². The summed E-state index contributed by atoms with van der Waals surface area (Å²) in [7, 11) is 0. The Bertz CT molecular complexity index is 6040. The second-order valence-electron chi connectivity index (χ2n) is 38.8. The molecule has 0 bridgehead atoms. The van der Waals surface area contributed by atoms with Gasteiger partial charge in [-0.25, -0.2) is 0 Å². The van der Waals surface area contributed by atoms with Crippen LogP contribution in [-0.4, -0.2) is 25.8 Å². The fourth-order valence-corrected chi connectivity index (χ4v) is 17.3. The summed E-state index contributed by atoms with van der Waals surface area (Å²) >= 11 is 0. The summed E-state index contributed by atoms with van der Waals surface area (Å²) in [5.74, 6) is 0. The van der Waals surface area contributed by atoms with Crippen LogP contribution < -0.4 is 26.2 Å². The topological polar surface area (TPSA) is 42.1 Å². The van der Waals surface area contributed by atoms with Gasteiger partial charge >= 0.3 is 0 Å². The molecule has 0 radical (unpaired) electrons. The first-order chi connectivity index (χ1) is 52.5. The number of anilines is 6. The highest BCUT2D eigenvalue weighted by Gasteiger charge is 2.47. The minimum absolute atomic E-state index is 0.0633. The predicted octanol–water partition coefficient (Wildman–Crippen LogP) is 26.5. The Morgan fingerprint density at radius 2 is 0.631 bits per heavy atom. The van der Waals surface area contributed by atoms with Gasteiger partial charge in [0.1, 0.15) is 0 Å². The van der Waals surface area contributed by atoms with Crippen molar-refractivity contribution in [2.24, 2.45) is 0 Å². The van der Waals surface area contributed by atoms with Crippen LogP contribution in [0.1, 0.15) is 184 Å². The summed E-state index contributed by atoms with van der Waals surface area (Å²) in [6, 6.07) is 96.2. The van der Waals surface area contributed by atoms with Crippen molar-refractivity contribution in [2.75, 3.05) is 9.80 Å². The summed E-state index contributed by atoms with van der Waals surface area (Å²) in [5, 5.41) is 5.02. The molecule has 0 saturated heterocycles. The highest BCUT2D eigenvalue weighted by atomic mass is 15.2. The van der Waals surface area contributed by atoms with E-state index in [1.54, 1.807) is 0 Å². The Labute approximate surface area is 659 Å². The van der Waals surface area contributed by atoms with Crippen LogP contribution in [0.2, 0.25) is 0 Å². The van der Waals surface area contributed by atoms with E-state index in [0.717, 1.165) is 96.0 Å². The first-order valence-electron chi connectivity index (χ1n) is 40.1. The minimum atomic E-state index is -0.360. The molecule has 6 heterocycles. The van der Waals surface area contributed by atoms with E-state index < -0.39 is 0 Å². The molecule has 15 aromatic rings. The number of rotatable bonds is 8. The average Bonchev–Trinajstić information content (AvgIpc) is 0.828. The van der Waals surface area contributed by atoms with Crippen molar-refractivity contribution in [2.45, 2.75) is 183 Å². The molecule has 4 aromatic heterocycles. The molecule has 0 N–H and O–H groups in total. The van der Waals surface area contributed by atoms with Crippen LogP contribution >= 0.6 is 0 Å². The molecule has 2 aliphatic rings. The maximum atomic E-state index is 5.75. The van der Waals surface area contributed by atoms with Gasteiger partial charge in [-0.1, -0.05) is 291 Å².